The van der Waals surface area contributed by atoms with E-state index < -0.39 is 0 Å². The summed E-state index contributed by atoms with van der Waals surface area (Å²) in [5.41, 5.74) is 0. The molecule has 0 spiro atoms. The Kier molecular flexibility index (Phi) is 5.98. The molecule has 1 aromatic carbocycles. The van der Waals surface area contributed by atoms with Crippen LogP contribution < -0.4 is 4.74 Å². The first-order valence-corrected chi connectivity index (χ1v) is 9.78. The van der Waals surface area contributed by atoms with Crippen molar-refractivity contribution in [1.82, 2.24) is 9.80 Å². The lowest BCUT2D eigenvalue weighted by molar-refractivity contribution is -0.134. The highest BCUT2D eigenvalue weighted by Gasteiger charge is 2.25. The second kappa shape index (κ2) is 8.21. The Morgan fingerprint density at radius 2 is 1.88 bits per heavy atom. The van der Waals surface area contributed by atoms with Crippen molar-refractivity contribution < 1.29 is 14.3 Å². The minimum atomic E-state index is -0.0925. The summed E-state index contributed by atoms with van der Waals surface area (Å²) >= 11 is 10.7. The molecule has 2 amide bonds. The van der Waals surface area contributed by atoms with E-state index in [9.17, 15) is 9.59 Å². The van der Waals surface area contributed by atoms with Crippen LogP contribution in [0.15, 0.2) is 40.2 Å². The molecule has 2 heterocycles. The van der Waals surface area contributed by atoms with Gasteiger partial charge in [-0.3, -0.25) is 9.59 Å². The lowest BCUT2D eigenvalue weighted by Crippen LogP contribution is -2.51. The summed E-state index contributed by atoms with van der Waals surface area (Å²) in [5.74, 6) is 0.512. The molecule has 1 fully saturated rings. The number of nitrogens with zero attached hydrogens (tertiary/aromatic N) is 2. The van der Waals surface area contributed by atoms with E-state index in [0.29, 0.717) is 41.4 Å². The summed E-state index contributed by atoms with van der Waals surface area (Å²) in [6.07, 6.45) is 0. The van der Waals surface area contributed by atoms with Gasteiger partial charge in [-0.2, -0.15) is 0 Å². The summed E-state index contributed by atoms with van der Waals surface area (Å²) in [7, 11) is 0. The zero-order chi connectivity index (χ0) is 17.8. The molecule has 5 nitrogen and oxygen atoms in total. The molecule has 1 aliphatic rings. The van der Waals surface area contributed by atoms with Crippen molar-refractivity contribution >= 4 is 50.7 Å². The molecule has 0 radical (unpaired) electrons. The third-order valence-electron chi connectivity index (χ3n) is 3.90. The fourth-order valence-corrected chi connectivity index (χ4v) is 4.03. The fourth-order valence-electron chi connectivity index (χ4n) is 2.54. The van der Waals surface area contributed by atoms with Crippen molar-refractivity contribution in [3.63, 3.8) is 0 Å². The van der Waals surface area contributed by atoms with Crippen LogP contribution in [0, 0.1) is 0 Å². The van der Waals surface area contributed by atoms with Gasteiger partial charge in [0.15, 0.2) is 6.61 Å². The molecular weight excluding hydrogens is 428 g/mol. The molecule has 2 aromatic rings. The fraction of sp³-hybridized carbons (Fsp3) is 0.294. The zero-order valence-corrected chi connectivity index (χ0v) is 16.4. The summed E-state index contributed by atoms with van der Waals surface area (Å²) in [5, 5.41) is 2.48. The Balaban J connectivity index is 1.49. The highest BCUT2D eigenvalue weighted by molar-refractivity contribution is 9.10. The number of ether oxygens (including phenoxy) is 1. The van der Waals surface area contributed by atoms with Gasteiger partial charge in [-0.15, -0.1) is 11.3 Å². The number of piperazine rings is 1. The molecule has 1 aromatic heterocycles. The van der Waals surface area contributed by atoms with Crippen LogP contribution in [0.4, 0.5) is 0 Å². The number of halogens is 2. The van der Waals surface area contributed by atoms with Gasteiger partial charge in [-0.05, 0) is 45.6 Å². The van der Waals surface area contributed by atoms with E-state index in [4.69, 9.17) is 16.3 Å². The minimum absolute atomic E-state index is 0.0310. The number of hydrogen-bond donors (Lipinski definition) is 0. The maximum atomic E-state index is 12.3. The van der Waals surface area contributed by atoms with Crippen molar-refractivity contribution in [1.29, 1.82) is 0 Å². The number of rotatable bonds is 4. The van der Waals surface area contributed by atoms with E-state index in [-0.39, 0.29) is 18.4 Å². The number of hydrogen-bond acceptors (Lipinski definition) is 4. The van der Waals surface area contributed by atoms with E-state index in [2.05, 4.69) is 15.9 Å². The zero-order valence-electron chi connectivity index (χ0n) is 13.3. The van der Waals surface area contributed by atoms with Gasteiger partial charge in [0.2, 0.25) is 0 Å². The molecule has 1 saturated heterocycles. The molecule has 25 heavy (non-hydrogen) atoms. The predicted molar refractivity (Wildman–Crippen MR) is 101 cm³/mol. The van der Waals surface area contributed by atoms with Crippen LogP contribution in [-0.4, -0.2) is 54.4 Å². The third kappa shape index (κ3) is 4.54. The van der Waals surface area contributed by atoms with Crippen LogP contribution in [0.25, 0.3) is 0 Å². The average Bonchev–Trinajstić information content (AvgIpc) is 3.15. The predicted octanol–water partition coefficient (Wildman–Crippen LogP) is 3.53. The lowest BCUT2D eigenvalue weighted by Gasteiger charge is -2.34. The number of carbonyl (C=O) groups is 2. The van der Waals surface area contributed by atoms with Crippen LogP contribution in [0.2, 0.25) is 5.02 Å². The van der Waals surface area contributed by atoms with Crippen molar-refractivity contribution in [2.75, 3.05) is 32.8 Å². The molecule has 0 aliphatic carbocycles. The maximum Gasteiger partial charge on any atom is 0.264 e. The third-order valence-corrected chi connectivity index (χ3v) is 5.61. The summed E-state index contributed by atoms with van der Waals surface area (Å²) < 4.78 is 6.27. The molecule has 132 valence electrons. The van der Waals surface area contributed by atoms with Gasteiger partial charge >= 0.3 is 0 Å². The van der Waals surface area contributed by atoms with Gasteiger partial charge in [-0.1, -0.05) is 17.7 Å². The van der Waals surface area contributed by atoms with E-state index in [0.717, 1.165) is 4.88 Å². The quantitative estimate of drug-likeness (QED) is 0.726. The van der Waals surface area contributed by atoms with Crippen molar-refractivity contribution in [2.45, 2.75) is 0 Å². The van der Waals surface area contributed by atoms with Gasteiger partial charge in [0.1, 0.15) is 5.75 Å². The monoisotopic (exact) mass is 442 g/mol. The van der Waals surface area contributed by atoms with E-state index >= 15 is 0 Å². The van der Waals surface area contributed by atoms with Crippen LogP contribution in [0.5, 0.6) is 5.75 Å². The van der Waals surface area contributed by atoms with Crippen molar-refractivity contribution in [3.8, 4) is 5.75 Å². The van der Waals surface area contributed by atoms with Gasteiger partial charge in [0.25, 0.3) is 11.8 Å². The highest BCUT2D eigenvalue weighted by atomic mass is 79.9. The Hall–Kier alpha value is -1.57. The molecule has 8 heteroatoms. The lowest BCUT2D eigenvalue weighted by atomic mass is 10.3. The number of amides is 2. The Labute approximate surface area is 163 Å². The molecule has 3 rings (SSSR count). The maximum absolute atomic E-state index is 12.3. The van der Waals surface area contributed by atoms with Crippen LogP contribution in [0.3, 0.4) is 0 Å². The molecule has 0 bridgehead atoms. The van der Waals surface area contributed by atoms with E-state index in [1.165, 1.54) is 11.3 Å². The minimum Gasteiger partial charge on any atom is -0.483 e. The number of thiophene rings is 1. The van der Waals surface area contributed by atoms with Crippen LogP contribution in [0.1, 0.15) is 9.67 Å². The molecule has 0 atom stereocenters. The van der Waals surface area contributed by atoms with Gasteiger partial charge in [-0.25, -0.2) is 0 Å². The summed E-state index contributed by atoms with van der Waals surface area (Å²) in [4.78, 5) is 28.9. The van der Waals surface area contributed by atoms with E-state index in [1.807, 2.05) is 17.5 Å². The molecule has 1 aliphatic heterocycles. The van der Waals surface area contributed by atoms with Gasteiger partial charge < -0.3 is 14.5 Å². The molecule has 0 unspecified atom stereocenters. The normalized spacial score (nSPS) is 14.5. The smallest absolute Gasteiger partial charge is 0.264 e. The second-order valence-electron chi connectivity index (χ2n) is 5.51. The topological polar surface area (TPSA) is 49.9 Å². The van der Waals surface area contributed by atoms with Crippen LogP contribution in [-0.2, 0) is 4.79 Å². The Morgan fingerprint density at radius 1 is 1.16 bits per heavy atom. The summed E-state index contributed by atoms with van der Waals surface area (Å²) in [6.45, 7) is 2.06. The Morgan fingerprint density at radius 3 is 2.52 bits per heavy atom. The number of carbonyl (C=O) groups excluding carboxylic acids is 2. The van der Waals surface area contributed by atoms with Crippen LogP contribution >= 0.6 is 38.9 Å². The SMILES string of the molecule is O=C(COc1ccc(Cl)cc1Br)N1CCN(C(=O)c2cccs2)CC1. The van der Waals surface area contributed by atoms with Crippen molar-refractivity contribution in [3.05, 3.63) is 50.1 Å². The summed E-state index contributed by atoms with van der Waals surface area (Å²) in [6, 6.07) is 8.83. The molecular formula is C17H16BrClN2O3S. The molecule has 0 N–H and O–H groups in total. The van der Waals surface area contributed by atoms with Gasteiger partial charge in [0, 0.05) is 31.2 Å². The standard InChI is InChI=1S/C17H16BrClN2O3S/c18-13-10-12(19)3-4-14(13)24-11-16(22)20-5-7-21(8-6-20)17(23)15-2-1-9-25-15/h1-4,9-10H,5-8,11H2. The number of benzene rings is 1. The first kappa shape index (κ1) is 18.2. The van der Waals surface area contributed by atoms with Crippen molar-refractivity contribution in [2.24, 2.45) is 0 Å². The van der Waals surface area contributed by atoms with Gasteiger partial charge in [0.05, 0.1) is 9.35 Å². The average molecular weight is 444 g/mol. The second-order valence-corrected chi connectivity index (χ2v) is 7.75. The molecule has 0 saturated carbocycles. The highest BCUT2D eigenvalue weighted by Crippen LogP contribution is 2.28. The largest absolute Gasteiger partial charge is 0.483 e. The first-order chi connectivity index (χ1) is 12.0. The van der Waals surface area contributed by atoms with E-state index in [1.54, 1.807) is 28.0 Å². The Bertz CT molecular complexity index is 761. The first-order valence-electron chi connectivity index (χ1n) is 7.73.